The molecule has 4 heteroatoms. The lowest BCUT2D eigenvalue weighted by molar-refractivity contribution is -0.151. The van der Waals surface area contributed by atoms with Crippen LogP contribution in [0.1, 0.15) is 25.8 Å². The summed E-state index contributed by atoms with van der Waals surface area (Å²) in [6.45, 7) is 3.97. The number of rotatable bonds is 6. The third kappa shape index (κ3) is 4.07. The Morgan fingerprint density at radius 3 is 2.41 bits per heavy atom. The fourth-order valence-electron chi connectivity index (χ4n) is 1.37. The van der Waals surface area contributed by atoms with Crippen molar-refractivity contribution in [1.82, 2.24) is 0 Å². The van der Waals surface area contributed by atoms with Crippen molar-refractivity contribution in [2.75, 3.05) is 6.61 Å². The molecule has 0 saturated carbocycles. The van der Waals surface area contributed by atoms with Crippen LogP contribution in [0.2, 0.25) is 0 Å². The molecule has 0 aromatic heterocycles. The standard InChI is InChI=1S/C13H18O4/c1-3-12(13(15)16-4-2)17-11-7-5-10(9-14)6-8-11/h5-8,12,14H,3-4,9H2,1-2H3. The number of benzene rings is 1. The summed E-state index contributed by atoms with van der Waals surface area (Å²) in [4.78, 5) is 11.5. The Bertz CT molecular complexity index is 345. The van der Waals surface area contributed by atoms with Crippen LogP contribution in [0.15, 0.2) is 24.3 Å². The highest BCUT2D eigenvalue weighted by Gasteiger charge is 2.19. The number of carbonyl (C=O) groups excluding carboxylic acids is 1. The Hall–Kier alpha value is -1.55. The van der Waals surface area contributed by atoms with Gasteiger partial charge in [0.05, 0.1) is 13.2 Å². The number of ether oxygens (including phenoxy) is 2. The molecule has 1 aromatic rings. The predicted octanol–water partition coefficient (Wildman–Crippen LogP) is 1.90. The number of aliphatic hydroxyl groups excluding tert-OH is 1. The minimum Gasteiger partial charge on any atom is -0.479 e. The van der Waals surface area contributed by atoms with Crippen molar-refractivity contribution >= 4 is 5.97 Å². The topological polar surface area (TPSA) is 55.8 Å². The van der Waals surface area contributed by atoms with Crippen molar-refractivity contribution in [3.05, 3.63) is 29.8 Å². The molecule has 17 heavy (non-hydrogen) atoms. The average Bonchev–Trinajstić information content (AvgIpc) is 2.37. The minimum atomic E-state index is -0.574. The highest BCUT2D eigenvalue weighted by molar-refractivity contribution is 5.75. The van der Waals surface area contributed by atoms with Gasteiger partial charge in [0.25, 0.3) is 0 Å². The molecule has 0 fully saturated rings. The lowest BCUT2D eigenvalue weighted by atomic mass is 10.2. The van der Waals surface area contributed by atoms with E-state index in [-0.39, 0.29) is 12.6 Å². The molecule has 0 heterocycles. The predicted molar refractivity (Wildman–Crippen MR) is 63.7 cm³/mol. The van der Waals surface area contributed by atoms with E-state index in [2.05, 4.69) is 0 Å². The Balaban J connectivity index is 2.63. The lowest BCUT2D eigenvalue weighted by Crippen LogP contribution is -2.28. The smallest absolute Gasteiger partial charge is 0.347 e. The van der Waals surface area contributed by atoms with E-state index in [1.807, 2.05) is 6.92 Å². The largest absolute Gasteiger partial charge is 0.479 e. The highest BCUT2D eigenvalue weighted by atomic mass is 16.6. The van der Waals surface area contributed by atoms with E-state index in [0.29, 0.717) is 18.8 Å². The zero-order valence-corrected chi connectivity index (χ0v) is 10.2. The molecule has 1 unspecified atom stereocenters. The summed E-state index contributed by atoms with van der Waals surface area (Å²) in [7, 11) is 0. The van der Waals surface area contributed by atoms with Crippen molar-refractivity contribution < 1.29 is 19.4 Å². The van der Waals surface area contributed by atoms with Gasteiger partial charge in [-0.05, 0) is 31.0 Å². The van der Waals surface area contributed by atoms with Crippen molar-refractivity contribution in [3.63, 3.8) is 0 Å². The summed E-state index contributed by atoms with van der Waals surface area (Å²) in [6.07, 6.45) is -0.0180. The van der Waals surface area contributed by atoms with Crippen LogP contribution in [0.4, 0.5) is 0 Å². The second kappa shape index (κ2) is 6.91. The Kier molecular flexibility index (Phi) is 5.49. The van der Waals surface area contributed by atoms with E-state index < -0.39 is 6.10 Å². The molecule has 1 N–H and O–H groups in total. The summed E-state index contributed by atoms with van der Waals surface area (Å²) in [5, 5.41) is 8.90. The molecule has 4 nitrogen and oxygen atoms in total. The molecule has 0 spiro atoms. The maximum atomic E-state index is 11.5. The summed E-state index contributed by atoms with van der Waals surface area (Å²) in [5.41, 5.74) is 0.807. The third-order valence-corrected chi connectivity index (χ3v) is 2.30. The van der Waals surface area contributed by atoms with Crippen LogP contribution in [0.3, 0.4) is 0 Å². The maximum absolute atomic E-state index is 11.5. The Morgan fingerprint density at radius 2 is 1.94 bits per heavy atom. The molecule has 94 valence electrons. The van der Waals surface area contributed by atoms with E-state index in [0.717, 1.165) is 5.56 Å². The van der Waals surface area contributed by atoms with E-state index in [1.165, 1.54) is 0 Å². The third-order valence-electron chi connectivity index (χ3n) is 2.30. The van der Waals surface area contributed by atoms with Gasteiger partial charge in [-0.2, -0.15) is 0 Å². The zero-order valence-electron chi connectivity index (χ0n) is 10.2. The second-order valence-corrected chi connectivity index (χ2v) is 3.57. The fraction of sp³-hybridized carbons (Fsp3) is 0.462. The molecular weight excluding hydrogens is 220 g/mol. The van der Waals surface area contributed by atoms with Crippen LogP contribution in [0.5, 0.6) is 5.75 Å². The van der Waals surface area contributed by atoms with E-state index in [1.54, 1.807) is 31.2 Å². The monoisotopic (exact) mass is 238 g/mol. The molecule has 0 aliphatic carbocycles. The Morgan fingerprint density at radius 1 is 1.29 bits per heavy atom. The van der Waals surface area contributed by atoms with E-state index in [4.69, 9.17) is 14.6 Å². The van der Waals surface area contributed by atoms with Gasteiger partial charge in [-0.25, -0.2) is 4.79 Å². The number of esters is 1. The highest BCUT2D eigenvalue weighted by Crippen LogP contribution is 2.15. The van der Waals surface area contributed by atoms with Gasteiger partial charge in [0, 0.05) is 0 Å². The average molecular weight is 238 g/mol. The quantitative estimate of drug-likeness (QED) is 0.769. The van der Waals surface area contributed by atoms with Crippen LogP contribution < -0.4 is 4.74 Å². The van der Waals surface area contributed by atoms with Crippen molar-refractivity contribution in [2.24, 2.45) is 0 Å². The molecule has 0 radical (unpaired) electrons. The SMILES string of the molecule is CCOC(=O)C(CC)Oc1ccc(CO)cc1. The van der Waals surface area contributed by atoms with Crippen LogP contribution in [0.25, 0.3) is 0 Å². The zero-order chi connectivity index (χ0) is 12.7. The van der Waals surface area contributed by atoms with Crippen molar-refractivity contribution in [1.29, 1.82) is 0 Å². The van der Waals surface area contributed by atoms with Crippen molar-refractivity contribution in [2.45, 2.75) is 33.0 Å². The molecule has 1 atom stereocenters. The van der Waals surface area contributed by atoms with Gasteiger partial charge >= 0.3 is 5.97 Å². The summed E-state index contributed by atoms with van der Waals surface area (Å²) >= 11 is 0. The molecule has 0 aliphatic rings. The molecule has 0 amide bonds. The van der Waals surface area contributed by atoms with Crippen molar-refractivity contribution in [3.8, 4) is 5.75 Å². The number of aliphatic hydroxyl groups is 1. The van der Waals surface area contributed by atoms with Gasteiger partial charge in [0.2, 0.25) is 0 Å². The van der Waals surface area contributed by atoms with Gasteiger partial charge < -0.3 is 14.6 Å². The molecule has 0 bridgehead atoms. The lowest BCUT2D eigenvalue weighted by Gasteiger charge is -2.16. The molecule has 0 aliphatic heterocycles. The maximum Gasteiger partial charge on any atom is 0.347 e. The summed E-state index contributed by atoms with van der Waals surface area (Å²) in [6, 6.07) is 6.97. The van der Waals surface area contributed by atoms with Crippen LogP contribution >= 0.6 is 0 Å². The van der Waals surface area contributed by atoms with Gasteiger partial charge in [-0.15, -0.1) is 0 Å². The molecular formula is C13H18O4. The number of hydrogen-bond donors (Lipinski definition) is 1. The first kappa shape index (κ1) is 13.5. The minimum absolute atomic E-state index is 0.00460. The second-order valence-electron chi connectivity index (χ2n) is 3.57. The first-order valence-corrected chi connectivity index (χ1v) is 5.74. The number of hydrogen-bond acceptors (Lipinski definition) is 4. The first-order chi connectivity index (χ1) is 8.21. The Labute approximate surface area is 101 Å². The van der Waals surface area contributed by atoms with E-state index in [9.17, 15) is 4.79 Å². The summed E-state index contributed by atoms with van der Waals surface area (Å²) < 4.78 is 10.4. The number of carbonyl (C=O) groups is 1. The molecule has 1 aromatic carbocycles. The first-order valence-electron chi connectivity index (χ1n) is 5.74. The fourth-order valence-corrected chi connectivity index (χ4v) is 1.37. The molecule has 0 saturated heterocycles. The van der Waals surface area contributed by atoms with Crippen LogP contribution in [-0.2, 0) is 16.1 Å². The van der Waals surface area contributed by atoms with Crippen LogP contribution in [-0.4, -0.2) is 23.8 Å². The van der Waals surface area contributed by atoms with E-state index >= 15 is 0 Å². The van der Waals surface area contributed by atoms with Gasteiger partial charge in [-0.3, -0.25) is 0 Å². The van der Waals surface area contributed by atoms with Gasteiger partial charge in [0.15, 0.2) is 6.10 Å². The molecule has 1 rings (SSSR count). The normalized spacial score (nSPS) is 11.9. The van der Waals surface area contributed by atoms with Gasteiger partial charge in [-0.1, -0.05) is 19.1 Å². The van der Waals surface area contributed by atoms with Gasteiger partial charge in [0.1, 0.15) is 5.75 Å². The van der Waals surface area contributed by atoms with Crippen LogP contribution in [0, 0.1) is 0 Å². The summed E-state index contributed by atoms with van der Waals surface area (Å²) in [5.74, 6) is 0.253.